The van der Waals surface area contributed by atoms with Crippen LogP contribution in [-0.2, 0) is 33.4 Å². The summed E-state index contributed by atoms with van der Waals surface area (Å²) in [7, 11) is 0. The summed E-state index contributed by atoms with van der Waals surface area (Å²) < 4.78 is 13.1. The molecule has 170 valence electrons. The van der Waals surface area contributed by atoms with E-state index in [9.17, 15) is 0 Å². The Bertz CT molecular complexity index is 1340. The van der Waals surface area contributed by atoms with Crippen molar-refractivity contribution in [3.8, 4) is 0 Å². The van der Waals surface area contributed by atoms with E-state index in [1.165, 1.54) is 22.3 Å². The Kier molecular flexibility index (Phi) is 3.61. The number of nitrogens with zero attached hydrogens (tertiary/aromatic N) is 3. The Morgan fingerprint density at radius 2 is 1.03 bits per heavy atom. The van der Waals surface area contributed by atoms with E-state index in [4.69, 9.17) is 24.4 Å². The summed E-state index contributed by atoms with van der Waals surface area (Å²) in [5.41, 5.74) is 4.80. The molecule has 2 aliphatic heterocycles. The number of ether oxygens (including phenoxy) is 2. The van der Waals surface area contributed by atoms with Gasteiger partial charge in [0.25, 0.3) is 0 Å². The molecular formula is C29H27N3O2. The number of aromatic nitrogens is 1. The van der Waals surface area contributed by atoms with Gasteiger partial charge in [0.15, 0.2) is 0 Å². The molecule has 3 heterocycles. The van der Waals surface area contributed by atoms with E-state index in [0.717, 1.165) is 12.8 Å². The standard InChI is InChI=1S/C29H27N3O2/c1-26-16-18-10-5-7-12-20(18)28(26,3)31-24(33-26)22-14-9-15-23(30-22)25-32-29(4)21-13-8-6-11-19(21)17-27(29,2)34-25/h5-15H,16-17H2,1-4H3/t26-,27-,28+,29+/m0/s1. The first-order chi connectivity index (χ1) is 16.2. The molecule has 0 saturated carbocycles. The number of pyridine rings is 1. The summed E-state index contributed by atoms with van der Waals surface area (Å²) >= 11 is 0. The van der Waals surface area contributed by atoms with Crippen molar-refractivity contribution >= 4 is 11.8 Å². The van der Waals surface area contributed by atoms with Crippen LogP contribution in [0.1, 0.15) is 61.3 Å². The second kappa shape index (κ2) is 6.15. The zero-order chi connectivity index (χ0) is 23.3. The fourth-order valence-corrected chi connectivity index (χ4v) is 6.34. The Morgan fingerprint density at radius 3 is 1.50 bits per heavy atom. The van der Waals surface area contributed by atoms with E-state index in [2.05, 4.69) is 76.2 Å². The second-order valence-electron chi connectivity index (χ2n) is 10.7. The van der Waals surface area contributed by atoms with Gasteiger partial charge in [0.05, 0.1) is 0 Å². The van der Waals surface area contributed by atoms with Gasteiger partial charge in [0.2, 0.25) is 11.8 Å². The predicted molar refractivity (Wildman–Crippen MR) is 131 cm³/mol. The van der Waals surface area contributed by atoms with Crippen LogP contribution < -0.4 is 0 Å². The molecule has 0 N–H and O–H groups in total. The zero-order valence-electron chi connectivity index (χ0n) is 19.9. The summed E-state index contributed by atoms with van der Waals surface area (Å²) in [5, 5.41) is 0. The van der Waals surface area contributed by atoms with Crippen molar-refractivity contribution in [2.75, 3.05) is 0 Å². The lowest BCUT2D eigenvalue weighted by Gasteiger charge is -2.31. The lowest BCUT2D eigenvalue weighted by atomic mass is 9.84. The molecule has 0 radical (unpaired) electrons. The summed E-state index contributed by atoms with van der Waals surface area (Å²) in [6.07, 6.45) is 1.66. The lowest BCUT2D eigenvalue weighted by Crippen LogP contribution is -2.41. The highest BCUT2D eigenvalue weighted by molar-refractivity contribution is 5.98. The Hall–Kier alpha value is -3.47. The Balaban J connectivity index is 1.27. The van der Waals surface area contributed by atoms with Crippen molar-refractivity contribution in [1.29, 1.82) is 0 Å². The highest BCUT2D eigenvalue weighted by atomic mass is 16.5. The molecule has 0 saturated heterocycles. The van der Waals surface area contributed by atoms with Crippen LogP contribution in [0.25, 0.3) is 0 Å². The molecule has 4 atom stereocenters. The van der Waals surface area contributed by atoms with Gasteiger partial charge in [-0.2, -0.15) is 0 Å². The third-order valence-electron chi connectivity index (χ3n) is 8.68. The minimum Gasteiger partial charge on any atom is -0.467 e. The molecule has 2 aliphatic carbocycles. The van der Waals surface area contributed by atoms with Gasteiger partial charge in [-0.3, -0.25) is 0 Å². The second-order valence-corrected chi connectivity index (χ2v) is 10.7. The summed E-state index contributed by atoms with van der Waals surface area (Å²) in [6.45, 7) is 8.63. The number of rotatable bonds is 2. The fraction of sp³-hybridized carbons (Fsp3) is 0.345. The highest BCUT2D eigenvalue weighted by Crippen LogP contribution is 2.54. The van der Waals surface area contributed by atoms with E-state index >= 15 is 0 Å². The first kappa shape index (κ1) is 20.0. The van der Waals surface area contributed by atoms with Crippen molar-refractivity contribution in [3.05, 3.63) is 100 Å². The first-order valence-corrected chi connectivity index (χ1v) is 12.0. The van der Waals surface area contributed by atoms with E-state index in [1.54, 1.807) is 0 Å². The third kappa shape index (κ3) is 2.32. The average molecular weight is 450 g/mol. The van der Waals surface area contributed by atoms with E-state index in [1.807, 2.05) is 18.2 Å². The SMILES string of the molecule is C[C@]12Cc3ccccc3[C@@]1(C)N=C(c1cccc(C3=N[C@]4(C)c5ccccc5C[C@]4(C)O3)n1)O2. The van der Waals surface area contributed by atoms with Crippen molar-refractivity contribution in [2.45, 2.75) is 62.8 Å². The van der Waals surface area contributed by atoms with Gasteiger partial charge in [0, 0.05) is 12.8 Å². The molecule has 0 bridgehead atoms. The maximum atomic E-state index is 6.53. The normalized spacial score (nSPS) is 34.4. The molecule has 0 amide bonds. The molecule has 0 spiro atoms. The van der Waals surface area contributed by atoms with Gasteiger partial charge in [-0.1, -0.05) is 54.6 Å². The van der Waals surface area contributed by atoms with E-state index in [-0.39, 0.29) is 0 Å². The van der Waals surface area contributed by atoms with Crippen molar-refractivity contribution < 1.29 is 9.47 Å². The van der Waals surface area contributed by atoms with E-state index < -0.39 is 22.3 Å². The smallest absolute Gasteiger partial charge is 0.237 e. The minimum atomic E-state index is -0.431. The van der Waals surface area contributed by atoms with Crippen molar-refractivity contribution in [2.24, 2.45) is 9.98 Å². The molecule has 34 heavy (non-hydrogen) atoms. The molecule has 0 fully saturated rings. The summed E-state index contributed by atoms with van der Waals surface area (Å²) in [4.78, 5) is 15.1. The van der Waals surface area contributed by atoms with Crippen LogP contribution in [0.5, 0.6) is 0 Å². The van der Waals surface area contributed by atoms with Crippen LogP contribution in [0, 0.1) is 0 Å². The third-order valence-corrected chi connectivity index (χ3v) is 8.68. The number of hydrogen-bond acceptors (Lipinski definition) is 5. The molecule has 3 aromatic rings. The van der Waals surface area contributed by atoms with Crippen LogP contribution in [0.4, 0.5) is 0 Å². The fourth-order valence-electron chi connectivity index (χ4n) is 6.34. The van der Waals surface area contributed by atoms with Crippen LogP contribution >= 0.6 is 0 Å². The quantitative estimate of drug-likeness (QED) is 0.547. The summed E-state index contributed by atoms with van der Waals surface area (Å²) in [5.74, 6) is 1.17. The summed E-state index contributed by atoms with van der Waals surface area (Å²) in [6, 6.07) is 22.9. The largest absolute Gasteiger partial charge is 0.467 e. The number of benzene rings is 2. The molecule has 1 aromatic heterocycles. The number of aliphatic imine (C=N–C) groups is 2. The molecule has 0 unspecified atom stereocenters. The highest BCUT2D eigenvalue weighted by Gasteiger charge is 2.60. The van der Waals surface area contributed by atoms with Gasteiger partial charge in [-0.15, -0.1) is 0 Å². The van der Waals surface area contributed by atoms with Crippen molar-refractivity contribution in [1.82, 2.24) is 4.98 Å². The average Bonchev–Trinajstić information content (AvgIpc) is 3.40. The zero-order valence-corrected chi connectivity index (χ0v) is 19.9. The monoisotopic (exact) mass is 449 g/mol. The molecule has 2 aromatic carbocycles. The van der Waals surface area contributed by atoms with E-state index in [0.29, 0.717) is 23.2 Å². The van der Waals surface area contributed by atoms with Crippen LogP contribution in [0.3, 0.4) is 0 Å². The van der Waals surface area contributed by atoms with Gasteiger partial charge in [0.1, 0.15) is 33.7 Å². The van der Waals surface area contributed by atoms with Crippen LogP contribution in [0.2, 0.25) is 0 Å². The first-order valence-electron chi connectivity index (χ1n) is 12.0. The lowest BCUT2D eigenvalue weighted by molar-refractivity contribution is 0.0470. The van der Waals surface area contributed by atoms with Crippen LogP contribution in [0.15, 0.2) is 76.7 Å². The maximum Gasteiger partial charge on any atom is 0.237 e. The predicted octanol–water partition coefficient (Wildman–Crippen LogP) is 5.10. The van der Waals surface area contributed by atoms with Gasteiger partial charge >= 0.3 is 0 Å². The van der Waals surface area contributed by atoms with Gasteiger partial charge < -0.3 is 9.47 Å². The van der Waals surface area contributed by atoms with Crippen molar-refractivity contribution in [3.63, 3.8) is 0 Å². The Morgan fingerprint density at radius 1 is 0.588 bits per heavy atom. The number of hydrogen-bond donors (Lipinski definition) is 0. The molecule has 7 rings (SSSR count). The maximum absolute atomic E-state index is 6.53. The molecule has 5 heteroatoms. The number of fused-ring (bicyclic) bond motifs is 6. The van der Waals surface area contributed by atoms with Gasteiger partial charge in [-0.25, -0.2) is 15.0 Å². The minimum absolute atomic E-state index is 0.424. The molecular weight excluding hydrogens is 422 g/mol. The molecule has 4 aliphatic rings. The van der Waals surface area contributed by atoms with Crippen LogP contribution in [-0.4, -0.2) is 28.0 Å². The topological polar surface area (TPSA) is 56.1 Å². The van der Waals surface area contributed by atoms with Gasteiger partial charge in [-0.05, 0) is 62.1 Å². The Labute approximate surface area is 199 Å². The molecule has 5 nitrogen and oxygen atoms in total.